The number of rotatable bonds is 23. The summed E-state index contributed by atoms with van der Waals surface area (Å²) in [6, 6.07) is 6.30. The Morgan fingerprint density at radius 1 is 1.25 bits per heavy atom. The molecule has 2 amide bonds. The van der Waals surface area contributed by atoms with Gasteiger partial charge in [-0.1, -0.05) is 28.1 Å². The van der Waals surface area contributed by atoms with Crippen LogP contribution in [0.1, 0.15) is 28.6 Å². The van der Waals surface area contributed by atoms with Crippen molar-refractivity contribution in [3.63, 3.8) is 0 Å². The van der Waals surface area contributed by atoms with Crippen LogP contribution in [0.3, 0.4) is 0 Å². The molecule has 0 spiro atoms. The van der Waals surface area contributed by atoms with Gasteiger partial charge in [0.25, 0.3) is 11.5 Å². The normalized spacial score (nSPS) is 18.2. The number of nitrogens with one attached hydrogen (secondary N) is 3. The van der Waals surface area contributed by atoms with Gasteiger partial charge in [0.1, 0.15) is 43.6 Å². The minimum Gasteiger partial charge on any atom is -0.491 e. The van der Waals surface area contributed by atoms with Crippen LogP contribution in [0.25, 0.3) is 20.9 Å². The number of aromatic nitrogens is 2. The zero-order valence-corrected chi connectivity index (χ0v) is 31.0. The summed E-state index contributed by atoms with van der Waals surface area (Å²) < 4.78 is 59.7. The first-order valence-electron chi connectivity index (χ1n) is 16.1. The van der Waals surface area contributed by atoms with Gasteiger partial charge in [-0.2, -0.15) is 0 Å². The molecule has 1 aliphatic heterocycles. The lowest BCUT2D eigenvalue weighted by atomic mass is 10.2. The van der Waals surface area contributed by atoms with E-state index >= 15 is 0 Å². The zero-order chi connectivity index (χ0) is 40.9. The molecule has 0 aliphatic carbocycles. The van der Waals surface area contributed by atoms with Crippen molar-refractivity contribution >= 4 is 27.9 Å². The number of hydrogen-bond donors (Lipinski definition) is 6. The average Bonchev–Trinajstić information content (AvgIpc) is 3.56. The first-order valence-corrected chi connectivity index (χ1v) is 18.8. The largest absolute Gasteiger partial charge is 0.491 e. The molecule has 0 bridgehead atoms. The topological polar surface area (TPSA) is 376 Å². The second-order valence-corrected chi connectivity index (χ2v) is 13.3. The van der Waals surface area contributed by atoms with Crippen LogP contribution in [0.15, 0.2) is 50.3 Å². The van der Waals surface area contributed by atoms with Gasteiger partial charge in [-0.15, -0.1) is 0 Å². The summed E-state index contributed by atoms with van der Waals surface area (Å²) in [7, 11) is -8.81. The summed E-state index contributed by atoms with van der Waals surface area (Å²) in [5, 5.41) is 11.8. The summed E-state index contributed by atoms with van der Waals surface area (Å²) in [6.45, 7) is -1.60. The molecule has 1 aliphatic rings. The fraction of sp³-hybridized carbons (Fsp3) is 0.500. The Labute approximate surface area is 316 Å². The molecule has 6 unspecified atom stereocenters. The fourth-order valence-corrected chi connectivity index (χ4v) is 5.86. The molecular weight excluding hydrogens is 792 g/mol. The van der Waals surface area contributed by atoms with Crippen LogP contribution in [-0.2, 0) is 41.7 Å². The highest BCUT2D eigenvalue weighted by molar-refractivity contribution is 7.55. The summed E-state index contributed by atoms with van der Waals surface area (Å²) in [6.07, 6.45) is -3.43. The van der Waals surface area contributed by atoms with E-state index < -0.39 is 77.8 Å². The maximum atomic E-state index is 12.6. The third-order valence-corrected chi connectivity index (χ3v) is 8.95. The highest BCUT2D eigenvalue weighted by Gasteiger charge is 2.39. The lowest BCUT2D eigenvalue weighted by Crippen LogP contribution is -2.34. The molecule has 2 aromatic rings. The van der Waals surface area contributed by atoms with E-state index in [0.717, 1.165) is 10.8 Å². The predicted molar refractivity (Wildman–Crippen MR) is 190 cm³/mol. The third kappa shape index (κ3) is 16.0. The van der Waals surface area contributed by atoms with Crippen LogP contribution >= 0.6 is 16.1 Å². The summed E-state index contributed by atoms with van der Waals surface area (Å²) in [5.41, 5.74) is 21.2. The molecule has 3 rings (SSSR count). The Morgan fingerprint density at radius 2 is 2.05 bits per heavy atom. The van der Waals surface area contributed by atoms with Gasteiger partial charge in [-0.05, 0) is 29.3 Å². The van der Waals surface area contributed by atoms with Gasteiger partial charge >= 0.3 is 21.8 Å². The summed E-state index contributed by atoms with van der Waals surface area (Å²) >= 11 is 0. The van der Waals surface area contributed by atoms with Crippen LogP contribution in [0.2, 0.25) is 0 Å². The van der Waals surface area contributed by atoms with Crippen molar-refractivity contribution in [3.8, 4) is 17.6 Å². The lowest BCUT2D eigenvalue weighted by molar-refractivity contribution is -0.126. The van der Waals surface area contributed by atoms with Crippen molar-refractivity contribution in [1.82, 2.24) is 20.2 Å². The smallest absolute Gasteiger partial charge is 0.479 e. The molecule has 1 aromatic carbocycles. The van der Waals surface area contributed by atoms with Gasteiger partial charge in [0.05, 0.1) is 32.5 Å². The van der Waals surface area contributed by atoms with Crippen molar-refractivity contribution in [2.45, 2.75) is 31.1 Å². The quantitative estimate of drug-likeness (QED) is 0.0213. The predicted octanol–water partition coefficient (Wildman–Crippen LogP) is -0.102. The second-order valence-electron chi connectivity index (χ2n) is 10.8. The van der Waals surface area contributed by atoms with Gasteiger partial charge in [0.15, 0.2) is 6.23 Å². The first kappa shape index (κ1) is 45.3. The van der Waals surface area contributed by atoms with Crippen LogP contribution in [0.4, 0.5) is 0 Å². The summed E-state index contributed by atoms with van der Waals surface area (Å²) in [5.74, 6) is 4.49. The number of aromatic amines is 1. The Morgan fingerprint density at radius 3 is 2.79 bits per heavy atom. The monoisotopic (exact) mass is 829 g/mol. The molecule has 7 N–H and O–H groups in total. The zero-order valence-electron chi connectivity index (χ0n) is 29.1. The number of ether oxygens (including phenoxy) is 5. The fourth-order valence-electron chi connectivity index (χ4n) is 4.53. The number of azide groups is 2. The molecule has 6 atom stereocenters. The van der Waals surface area contributed by atoms with E-state index in [0.29, 0.717) is 17.9 Å². The maximum Gasteiger partial charge on any atom is 0.479 e. The average molecular weight is 830 g/mol. The van der Waals surface area contributed by atoms with Gasteiger partial charge in [0.2, 0.25) is 5.91 Å². The number of carbonyl (C=O) groups is 2. The number of amides is 2. The third-order valence-electron chi connectivity index (χ3n) is 6.93. The van der Waals surface area contributed by atoms with E-state index in [9.17, 15) is 33.2 Å². The number of nitrogens with two attached hydrogens (primary N) is 1. The molecule has 2 heterocycles. The van der Waals surface area contributed by atoms with E-state index in [1.165, 1.54) is 6.07 Å². The van der Waals surface area contributed by atoms with E-state index in [1.54, 1.807) is 18.2 Å². The second kappa shape index (κ2) is 23.8. The van der Waals surface area contributed by atoms with Gasteiger partial charge in [-0.3, -0.25) is 33.0 Å². The van der Waals surface area contributed by atoms with Gasteiger partial charge in [0, 0.05) is 41.1 Å². The Balaban J connectivity index is 1.47. The standard InChI is InChI=1S/C28H37N11O15P2/c29-6-8-33-26(41)18-3-1-5-20(11-18)50-16-24(36-38-31)49-10-9-48-15-23(40)32-7-2-4-19-13-39(28(43)35-27(19)42)25-12-21(51-17-34-37-30)22(53-25)14-52-56(46,47)54-55(44)45/h1,3,5,11,13,21-22,24-25,55H,6-10,12,14-17,29H2,(H,32,40)(H,33,41)(H,44,45)(H,46,47)(H,35,42,43). The molecule has 1 saturated heterocycles. The first-order chi connectivity index (χ1) is 26.8. The van der Waals surface area contributed by atoms with Gasteiger partial charge < -0.3 is 49.8 Å². The van der Waals surface area contributed by atoms with Gasteiger partial charge in [-0.25, -0.2) is 13.7 Å². The van der Waals surface area contributed by atoms with Crippen LogP contribution in [0.5, 0.6) is 5.75 Å². The molecule has 0 saturated carbocycles. The van der Waals surface area contributed by atoms with Crippen molar-refractivity contribution in [3.05, 3.63) is 83.3 Å². The SMILES string of the molecule is [N-]=[N+]=NCOC1CC(n2cc(C#CCNC(=O)COCCOC(COc3cccc(C(=O)NCCN)c3)N=[N+]=[N-])c(=O)[nH]c2=O)OC1COP(=O)(O)O[PH](=O)O. The van der Waals surface area contributed by atoms with Crippen molar-refractivity contribution < 1.29 is 61.0 Å². The van der Waals surface area contributed by atoms with Crippen molar-refractivity contribution in [1.29, 1.82) is 0 Å². The molecule has 1 aromatic heterocycles. The molecule has 0 radical (unpaired) electrons. The number of hydrogen-bond acceptors (Lipinski definition) is 16. The van der Waals surface area contributed by atoms with E-state index in [-0.39, 0.29) is 50.8 Å². The minimum absolute atomic E-state index is 0.0740. The van der Waals surface area contributed by atoms with Crippen LogP contribution < -0.4 is 32.4 Å². The van der Waals surface area contributed by atoms with E-state index in [2.05, 4.69) is 51.8 Å². The molecule has 56 heavy (non-hydrogen) atoms. The number of phosphoric acid groups is 1. The van der Waals surface area contributed by atoms with Crippen LogP contribution in [-0.4, -0.2) is 109 Å². The minimum atomic E-state index is -4.97. The molecule has 1 fully saturated rings. The van der Waals surface area contributed by atoms with E-state index in [4.69, 9.17) is 49.9 Å². The van der Waals surface area contributed by atoms with Crippen molar-refractivity contribution in [2.75, 3.05) is 59.4 Å². The lowest BCUT2D eigenvalue weighted by Gasteiger charge is -2.19. The summed E-state index contributed by atoms with van der Waals surface area (Å²) in [4.78, 5) is 75.1. The van der Waals surface area contributed by atoms with Crippen molar-refractivity contribution in [2.24, 2.45) is 16.0 Å². The molecule has 304 valence electrons. The highest BCUT2D eigenvalue weighted by Crippen LogP contribution is 2.51. The van der Waals surface area contributed by atoms with E-state index in [1.807, 2.05) is 0 Å². The number of carbonyl (C=O) groups excluding carboxylic acids is 2. The number of nitrogens with zero attached hydrogens (tertiary/aromatic N) is 7. The Kier molecular flexibility index (Phi) is 19.2. The number of H-pyrrole nitrogens is 1. The molecule has 28 heteroatoms. The number of benzene rings is 1. The Bertz CT molecular complexity index is 2010. The number of phosphoric ester groups is 1. The Hall–Kier alpha value is -5.08. The molecule has 26 nitrogen and oxygen atoms in total. The van der Waals surface area contributed by atoms with Crippen LogP contribution in [0, 0.1) is 11.8 Å². The maximum absolute atomic E-state index is 12.6. The molecular formula is C28H37N11O15P2. The highest BCUT2D eigenvalue weighted by atomic mass is 31.2.